The Morgan fingerprint density at radius 2 is 1.22 bits per heavy atom. The number of rotatable bonds is 11. The minimum Gasteiger partial charge on any atom is -0.510 e. The summed E-state index contributed by atoms with van der Waals surface area (Å²) in [4.78, 5) is 4.98. The van der Waals surface area contributed by atoms with Crippen LogP contribution in [0.3, 0.4) is 0 Å². The van der Waals surface area contributed by atoms with E-state index in [0.717, 1.165) is 55.8 Å². The first-order valence-corrected chi connectivity index (χ1v) is 23.7. The summed E-state index contributed by atoms with van der Waals surface area (Å²) in [5.41, 5.74) is 12.7. The molecule has 5 nitrogen and oxygen atoms in total. The van der Waals surface area contributed by atoms with Crippen LogP contribution >= 0.6 is 0 Å². The smallest absolute Gasteiger partial charge is 0.267 e. The summed E-state index contributed by atoms with van der Waals surface area (Å²) in [5.74, 6) is 2.30. The third kappa shape index (κ3) is 9.02. The summed E-state index contributed by atoms with van der Waals surface area (Å²) >= 11 is 0. The van der Waals surface area contributed by atoms with Gasteiger partial charge in [-0.25, -0.2) is 4.98 Å². The Morgan fingerprint density at radius 3 is 1.91 bits per heavy atom. The number of imidazole rings is 1. The van der Waals surface area contributed by atoms with Crippen molar-refractivity contribution in [1.29, 1.82) is 0 Å². The minimum absolute atomic E-state index is 0. The quantitative estimate of drug-likeness (QED) is 0.0956. The topological polar surface area (TPSA) is 35.9 Å². The molecule has 0 fully saturated rings. The molecule has 0 aliphatic carbocycles. The van der Waals surface area contributed by atoms with E-state index in [2.05, 4.69) is 264 Å². The van der Waals surface area contributed by atoms with E-state index >= 15 is 0 Å². The van der Waals surface area contributed by atoms with Crippen molar-refractivity contribution >= 4 is 21.8 Å². The number of aromatic nitrogens is 4. The molecular weight excluding hydrogens is 1020 g/mol. The van der Waals surface area contributed by atoms with Crippen LogP contribution in [0, 0.1) is 18.5 Å². The second-order valence-electron chi connectivity index (χ2n) is 20.4. The Hall–Kier alpha value is -6.81. The first kappa shape index (κ1) is 47.3. The Balaban J connectivity index is 0.00000593. The molecule has 10 rings (SSSR count). The van der Waals surface area contributed by atoms with Crippen molar-refractivity contribution in [2.24, 2.45) is 0 Å². The number of hydrogen-bond donors (Lipinski definition) is 0. The van der Waals surface area contributed by atoms with E-state index < -0.39 is 0 Å². The molecule has 69 heavy (non-hydrogen) atoms. The first-order chi connectivity index (χ1) is 32.7. The number of benzene rings is 7. The van der Waals surface area contributed by atoms with Crippen LogP contribution in [-0.2, 0) is 37.3 Å². The zero-order chi connectivity index (χ0) is 47.4. The van der Waals surface area contributed by atoms with Crippen LogP contribution in [0.5, 0.6) is 11.5 Å². The van der Waals surface area contributed by atoms with Gasteiger partial charge in [-0.1, -0.05) is 183 Å². The Morgan fingerprint density at radius 1 is 0.580 bits per heavy atom. The average Bonchev–Trinajstić information content (AvgIpc) is 3.96. The van der Waals surface area contributed by atoms with Crippen molar-refractivity contribution in [3.8, 4) is 39.8 Å². The van der Waals surface area contributed by atoms with Crippen LogP contribution in [0.2, 0.25) is 0 Å². The Bertz CT molecular complexity index is 3450. The second kappa shape index (κ2) is 18.6. The monoisotopic (exact) mass is 1080 g/mol. The molecular formula is C63H58N4OPt-2. The van der Waals surface area contributed by atoms with Crippen molar-refractivity contribution in [2.75, 3.05) is 0 Å². The molecule has 0 unspecified atom stereocenters. The first-order valence-electron chi connectivity index (χ1n) is 23.7. The van der Waals surface area contributed by atoms with Crippen molar-refractivity contribution in [3.63, 3.8) is 0 Å². The largest absolute Gasteiger partial charge is 0.510 e. The number of fused-ring (bicyclic) bond motifs is 3. The summed E-state index contributed by atoms with van der Waals surface area (Å²) < 4.78 is 13.4. The molecule has 7 aromatic carbocycles. The third-order valence-corrected chi connectivity index (χ3v) is 13.7. The summed E-state index contributed by atoms with van der Waals surface area (Å²) in [6.07, 6.45) is 7.88. The van der Waals surface area contributed by atoms with E-state index in [1.54, 1.807) is 0 Å². The fourth-order valence-electron chi connectivity index (χ4n) is 9.65. The molecule has 348 valence electrons. The Labute approximate surface area is 422 Å². The van der Waals surface area contributed by atoms with Crippen LogP contribution in [-0.4, -0.2) is 14.1 Å². The molecule has 0 saturated carbocycles. The molecule has 0 saturated heterocycles. The molecule has 0 atom stereocenters. The summed E-state index contributed by atoms with van der Waals surface area (Å²) in [6, 6.07) is 67.6. The van der Waals surface area contributed by atoms with Crippen LogP contribution in [0.1, 0.15) is 102 Å². The molecule has 0 N–H and O–H groups in total. The molecule has 0 aliphatic heterocycles. The predicted octanol–water partition coefficient (Wildman–Crippen LogP) is 15.2. The second-order valence-corrected chi connectivity index (χ2v) is 20.4. The molecule has 6 heteroatoms. The van der Waals surface area contributed by atoms with E-state index in [0.29, 0.717) is 17.4 Å². The van der Waals surface area contributed by atoms with Gasteiger partial charge in [-0.3, -0.25) is 4.57 Å². The van der Waals surface area contributed by atoms with E-state index in [4.69, 9.17) is 9.72 Å². The van der Waals surface area contributed by atoms with Crippen molar-refractivity contribution in [3.05, 3.63) is 234 Å². The number of hydrogen-bond acceptors (Lipinski definition) is 2. The maximum absolute atomic E-state index is 6.94. The van der Waals surface area contributed by atoms with E-state index in [9.17, 15) is 0 Å². The van der Waals surface area contributed by atoms with Gasteiger partial charge in [-0.15, -0.1) is 35.2 Å². The zero-order valence-corrected chi connectivity index (χ0v) is 43.2. The molecule has 0 amide bonds. The number of nitrogens with zero attached hydrogens (tertiary/aromatic N) is 4. The van der Waals surface area contributed by atoms with E-state index in [1.807, 2.05) is 12.3 Å². The van der Waals surface area contributed by atoms with Gasteiger partial charge in [-0.05, 0) is 86.1 Å². The molecule has 10 aromatic rings. The fourth-order valence-corrected chi connectivity index (χ4v) is 9.65. The standard InChI is InChI=1S/C63H58N4O.Pt/c1-43(2)53-27-16-17-28-54(53)44-35-50(65-41-59(61(3,4)5)66(42-65)49-26-20-25-47(37-49)62(6,7)45-21-12-10-13-22-45)39-52(36-44)68-51-31-32-56-55-29-18-19-30-57(55)67(58(56)40-51)60-38-48(33-34-64-60)63(8,9)46-23-14-11-15-24-46;/h10-38,41,43H,1-9H3;/q-2;. The number of ether oxygens (including phenoxy) is 1. The van der Waals surface area contributed by atoms with Crippen molar-refractivity contribution in [2.45, 2.75) is 84.5 Å². The van der Waals surface area contributed by atoms with E-state index in [-0.39, 0.29) is 37.3 Å². The number of para-hydroxylation sites is 1. The summed E-state index contributed by atoms with van der Waals surface area (Å²) in [7, 11) is 0. The normalized spacial score (nSPS) is 12.1. The summed E-state index contributed by atoms with van der Waals surface area (Å²) in [6.45, 7) is 20.4. The van der Waals surface area contributed by atoms with Crippen molar-refractivity contribution < 1.29 is 30.4 Å². The minimum atomic E-state index is -0.240. The fraction of sp³-hybridized carbons (Fsp3) is 0.206. The van der Waals surface area contributed by atoms with E-state index in [1.165, 1.54) is 27.8 Å². The van der Waals surface area contributed by atoms with Gasteiger partial charge in [0, 0.05) is 61.3 Å². The third-order valence-electron chi connectivity index (χ3n) is 13.7. The van der Waals surface area contributed by atoms with Crippen LogP contribution in [0.15, 0.2) is 182 Å². The van der Waals surface area contributed by atoms with Gasteiger partial charge in [0.25, 0.3) is 6.33 Å². The van der Waals surface area contributed by atoms with Gasteiger partial charge >= 0.3 is 0 Å². The molecule has 0 radical (unpaired) electrons. The molecule has 3 heterocycles. The van der Waals surface area contributed by atoms with Gasteiger partial charge in [0.05, 0.1) is 11.4 Å². The average molecular weight is 1080 g/mol. The molecule has 3 aromatic heterocycles. The summed E-state index contributed by atoms with van der Waals surface area (Å²) in [5, 5.41) is 2.20. The maximum Gasteiger partial charge on any atom is 0.267 e. The number of pyridine rings is 1. The van der Waals surface area contributed by atoms with Gasteiger partial charge in [0.15, 0.2) is 0 Å². The predicted molar refractivity (Wildman–Crippen MR) is 278 cm³/mol. The maximum atomic E-state index is 6.94. The van der Waals surface area contributed by atoms with Gasteiger partial charge in [0.2, 0.25) is 0 Å². The molecule has 0 aliphatic rings. The zero-order valence-electron chi connectivity index (χ0n) is 40.9. The SMILES string of the molecule is CC(C)c1ccccc1-c1cc(Oc2[c-]c3c(cc2)c2ccccc2n3-c2cc(C(C)(C)c3ccccc3)ccn2)[c-]c(-n2[c-][n+](-c3cccc(C(C)(C)c4ccccc4)c3)c(C(C)(C)C)c2)c1.[Pt]. The van der Waals surface area contributed by atoms with Gasteiger partial charge in [0.1, 0.15) is 5.82 Å². The van der Waals surface area contributed by atoms with Crippen LogP contribution in [0.4, 0.5) is 0 Å². The van der Waals surface area contributed by atoms with Crippen LogP contribution < -0.4 is 9.30 Å². The molecule has 0 bridgehead atoms. The van der Waals surface area contributed by atoms with Crippen LogP contribution in [0.25, 0.3) is 50.1 Å². The van der Waals surface area contributed by atoms with Crippen molar-refractivity contribution in [1.82, 2.24) is 14.1 Å². The Kier molecular flexibility index (Phi) is 12.7. The van der Waals surface area contributed by atoms with Gasteiger partial charge in [-0.2, -0.15) is 12.1 Å². The van der Waals surface area contributed by atoms with Gasteiger partial charge < -0.3 is 13.9 Å². The molecule has 0 spiro atoms.